The van der Waals surface area contributed by atoms with Gasteiger partial charge < -0.3 is 0 Å². The molecule has 0 heterocycles. The van der Waals surface area contributed by atoms with E-state index in [-0.39, 0.29) is 22.4 Å². The summed E-state index contributed by atoms with van der Waals surface area (Å²) < 4.78 is 3.00. The van der Waals surface area contributed by atoms with E-state index in [0.717, 1.165) is 18.3 Å². The Bertz CT molecular complexity index is 241. The first kappa shape index (κ1) is 12.8. The second kappa shape index (κ2) is 5.47. The summed E-state index contributed by atoms with van der Waals surface area (Å²) in [6.45, 7) is 0. The largest absolute Gasteiger partial charge is 0.141 e. The molecule has 0 atom stereocenters. The van der Waals surface area contributed by atoms with Crippen LogP contribution in [0.3, 0.4) is 0 Å². The maximum Gasteiger partial charge on any atom is 0.0331 e. The molecule has 0 saturated carbocycles. The van der Waals surface area contributed by atoms with E-state index in [0.29, 0.717) is 0 Å². The third-order valence-electron chi connectivity index (χ3n) is 0.982. The average Bonchev–Trinajstić information content (AvgIpc) is 1.82. The summed E-state index contributed by atoms with van der Waals surface area (Å²) in [6.07, 6.45) is 0. The molecule has 0 bridgehead atoms. The van der Waals surface area contributed by atoms with E-state index in [1.54, 1.807) is 0 Å². The summed E-state index contributed by atoms with van der Waals surface area (Å²) >= 11 is 14.3. The number of thiol groups is 1. The first-order chi connectivity index (χ1) is 4.61. The quantitative estimate of drug-likeness (QED) is 0.439. The number of hydrogen-bond donors (Lipinski definition) is 1. The van der Waals surface area contributed by atoms with Crippen molar-refractivity contribution in [2.75, 3.05) is 0 Å². The molecule has 0 aliphatic heterocycles. The van der Waals surface area contributed by atoms with Gasteiger partial charge >= 0.3 is 0 Å². The zero-order valence-corrected chi connectivity index (χ0v) is 12.2. The molecular weight excluding hydrogens is 452 g/mol. The Kier molecular flexibility index (Phi) is 6.35. The monoisotopic (exact) mass is 451 g/mol. The van der Waals surface area contributed by atoms with Crippen molar-refractivity contribution >= 4 is 60.4 Å². The van der Waals surface area contributed by atoms with E-state index in [9.17, 15) is 0 Å². The summed E-state index contributed by atoms with van der Waals surface area (Å²) in [6, 6.07) is 3.90. The Morgan fingerprint density at radius 1 is 1.00 bits per heavy atom. The van der Waals surface area contributed by atoms with E-state index in [2.05, 4.69) is 60.4 Å². The summed E-state index contributed by atoms with van der Waals surface area (Å²) in [5.74, 6) is 0. The van der Waals surface area contributed by atoms with Crippen molar-refractivity contribution in [3.8, 4) is 0 Å². The van der Waals surface area contributed by atoms with Crippen molar-refractivity contribution in [2.24, 2.45) is 0 Å². The van der Waals surface area contributed by atoms with Gasteiger partial charge in [-0.15, -0.1) is 12.6 Å². The van der Waals surface area contributed by atoms with E-state index >= 15 is 0 Å². The molecule has 5 heteroatoms. The van der Waals surface area contributed by atoms with Crippen LogP contribution in [0.2, 0.25) is 0 Å². The van der Waals surface area contributed by atoms with Crippen molar-refractivity contribution in [3.63, 3.8) is 0 Å². The van der Waals surface area contributed by atoms with E-state index < -0.39 is 0 Å². The van der Waals surface area contributed by atoms with E-state index in [1.165, 1.54) is 0 Å². The maximum absolute atomic E-state index is 4.24. The van der Waals surface area contributed by atoms with Crippen molar-refractivity contribution in [2.45, 2.75) is 4.90 Å². The molecule has 0 saturated heterocycles. The van der Waals surface area contributed by atoms with E-state index in [1.807, 2.05) is 12.1 Å². The third kappa shape index (κ3) is 3.55. The van der Waals surface area contributed by atoms with Crippen LogP contribution >= 0.6 is 60.4 Å². The molecule has 0 N–H and O–H groups in total. The first-order valence-corrected chi connectivity index (χ1v) is 5.27. The topological polar surface area (TPSA) is 0 Å². The molecule has 0 aliphatic carbocycles. The predicted octanol–water partition coefficient (Wildman–Crippen LogP) is 4.26. The molecule has 0 unspecified atom stereocenters. The Labute approximate surface area is 112 Å². The van der Waals surface area contributed by atoms with Crippen LogP contribution in [0.25, 0.3) is 0 Å². The fourth-order valence-electron chi connectivity index (χ4n) is 0.535. The van der Waals surface area contributed by atoms with Gasteiger partial charge in [0.15, 0.2) is 0 Å². The Morgan fingerprint density at radius 3 is 1.73 bits per heavy atom. The molecule has 1 aromatic carbocycles. The van der Waals surface area contributed by atoms with Gasteiger partial charge in [-0.05, 0) is 44.0 Å². The normalized spacial score (nSPS) is 9.09. The third-order valence-corrected chi connectivity index (χ3v) is 3.78. The molecule has 1 rings (SSSR count). The van der Waals surface area contributed by atoms with Crippen LogP contribution < -0.4 is 0 Å². The molecule has 0 aliphatic rings. The van der Waals surface area contributed by atoms with Crippen LogP contribution in [0.4, 0.5) is 0 Å². The molecule has 0 fully saturated rings. The van der Waals surface area contributed by atoms with Crippen LogP contribution in [-0.2, 0) is 22.4 Å². The van der Waals surface area contributed by atoms with E-state index in [4.69, 9.17) is 0 Å². The Morgan fingerprint density at radius 2 is 1.36 bits per heavy atom. The summed E-state index contributed by atoms with van der Waals surface area (Å²) in [7, 11) is 0. The van der Waals surface area contributed by atoms with Crippen LogP contribution in [0, 0.1) is 0 Å². The molecular formula is C6H3AgBr3S. The van der Waals surface area contributed by atoms with Gasteiger partial charge in [-0.1, -0.05) is 15.9 Å². The van der Waals surface area contributed by atoms with Crippen molar-refractivity contribution < 1.29 is 22.4 Å². The molecule has 11 heavy (non-hydrogen) atoms. The Hall–Kier alpha value is 1.75. The minimum absolute atomic E-state index is 0. The Balaban J connectivity index is 0.000001000. The fourth-order valence-corrected chi connectivity index (χ4v) is 2.92. The van der Waals surface area contributed by atoms with Crippen molar-refractivity contribution in [3.05, 3.63) is 25.6 Å². The molecule has 65 valence electrons. The molecule has 1 aromatic rings. The number of benzene rings is 1. The first-order valence-electron chi connectivity index (χ1n) is 2.45. The summed E-state index contributed by atoms with van der Waals surface area (Å²) in [5, 5.41) is 0. The molecule has 0 spiro atoms. The summed E-state index contributed by atoms with van der Waals surface area (Å²) in [4.78, 5) is 0.920. The fraction of sp³-hybridized carbons (Fsp3) is 0. The molecule has 0 aromatic heterocycles. The predicted molar refractivity (Wildman–Crippen MR) is 56.8 cm³/mol. The SMILES string of the molecule is Sc1c(Br)cc(Br)cc1Br.[Ag]. The zero-order valence-electron chi connectivity index (χ0n) is 5.04. The van der Waals surface area contributed by atoms with Gasteiger partial charge in [0.25, 0.3) is 0 Å². The van der Waals surface area contributed by atoms with Crippen molar-refractivity contribution in [1.82, 2.24) is 0 Å². The van der Waals surface area contributed by atoms with Gasteiger partial charge in [-0.2, -0.15) is 0 Å². The minimum atomic E-state index is 0. The van der Waals surface area contributed by atoms with Gasteiger partial charge in [0, 0.05) is 40.7 Å². The minimum Gasteiger partial charge on any atom is -0.141 e. The van der Waals surface area contributed by atoms with Gasteiger partial charge in [0.1, 0.15) is 0 Å². The molecule has 0 amide bonds. The van der Waals surface area contributed by atoms with Crippen LogP contribution in [0.15, 0.2) is 30.4 Å². The van der Waals surface area contributed by atoms with Gasteiger partial charge in [0.2, 0.25) is 0 Å². The standard InChI is InChI=1S/C6H3Br3S.Ag/c7-3-1-4(8)6(10)5(9)2-3;/h1-2,10H;. The average molecular weight is 455 g/mol. The number of rotatable bonds is 0. The van der Waals surface area contributed by atoms with Gasteiger partial charge in [0.05, 0.1) is 0 Å². The number of halogens is 3. The second-order valence-electron chi connectivity index (χ2n) is 1.72. The van der Waals surface area contributed by atoms with Gasteiger partial charge in [-0.3, -0.25) is 0 Å². The van der Waals surface area contributed by atoms with Crippen LogP contribution in [-0.4, -0.2) is 0 Å². The maximum atomic E-state index is 4.24. The number of hydrogen-bond acceptors (Lipinski definition) is 1. The van der Waals surface area contributed by atoms with Crippen molar-refractivity contribution in [1.29, 1.82) is 0 Å². The molecule has 0 nitrogen and oxygen atoms in total. The van der Waals surface area contributed by atoms with Crippen LogP contribution in [0.1, 0.15) is 0 Å². The molecule has 1 radical (unpaired) electrons. The van der Waals surface area contributed by atoms with Crippen LogP contribution in [0.5, 0.6) is 0 Å². The second-order valence-corrected chi connectivity index (χ2v) is 4.79. The summed E-state index contributed by atoms with van der Waals surface area (Å²) in [5.41, 5.74) is 0. The smallest absolute Gasteiger partial charge is 0.0331 e. The van der Waals surface area contributed by atoms with Gasteiger partial charge in [-0.25, -0.2) is 0 Å². The zero-order chi connectivity index (χ0) is 7.72.